The van der Waals surface area contributed by atoms with Gasteiger partial charge in [0.1, 0.15) is 5.75 Å². The number of rotatable bonds is 6. The molecule has 0 saturated carbocycles. The van der Waals surface area contributed by atoms with Gasteiger partial charge >= 0.3 is 0 Å². The van der Waals surface area contributed by atoms with Crippen molar-refractivity contribution in [3.8, 4) is 17.1 Å². The van der Waals surface area contributed by atoms with E-state index in [4.69, 9.17) is 10.6 Å². The summed E-state index contributed by atoms with van der Waals surface area (Å²) in [5.41, 5.74) is 2.58. The second kappa shape index (κ2) is 7.92. The highest BCUT2D eigenvalue weighted by atomic mass is 32.2. The van der Waals surface area contributed by atoms with Crippen LogP contribution < -0.4 is 15.9 Å². The van der Waals surface area contributed by atoms with E-state index in [9.17, 15) is 4.79 Å². The summed E-state index contributed by atoms with van der Waals surface area (Å²) in [7, 11) is 1.58. The van der Waals surface area contributed by atoms with Crippen LogP contribution in [-0.2, 0) is 4.79 Å². The summed E-state index contributed by atoms with van der Waals surface area (Å²) in [5, 5.41) is 11.5. The van der Waals surface area contributed by atoms with Crippen molar-refractivity contribution >= 4 is 23.4 Å². The molecule has 0 aliphatic carbocycles. The molecule has 0 spiro atoms. The molecule has 2 aromatic carbocycles. The van der Waals surface area contributed by atoms with Gasteiger partial charge in [-0.05, 0) is 36.8 Å². The molecule has 3 N–H and O–H groups in total. The second-order valence-corrected chi connectivity index (χ2v) is 6.53. The van der Waals surface area contributed by atoms with Crippen LogP contribution in [0.5, 0.6) is 5.75 Å². The van der Waals surface area contributed by atoms with Gasteiger partial charge in [0.25, 0.3) is 0 Å². The molecule has 8 heteroatoms. The first kappa shape index (κ1) is 17.8. The van der Waals surface area contributed by atoms with E-state index < -0.39 is 0 Å². The number of ether oxygens (including phenoxy) is 1. The highest BCUT2D eigenvalue weighted by Crippen LogP contribution is 2.29. The Hall–Kier alpha value is -3.00. The maximum atomic E-state index is 12.1. The van der Waals surface area contributed by atoms with E-state index in [0.29, 0.717) is 16.7 Å². The van der Waals surface area contributed by atoms with Gasteiger partial charge in [0.15, 0.2) is 5.82 Å². The molecule has 26 heavy (non-hydrogen) atoms. The lowest BCUT2D eigenvalue weighted by molar-refractivity contribution is -0.113. The van der Waals surface area contributed by atoms with Gasteiger partial charge in [0, 0.05) is 5.69 Å². The maximum Gasteiger partial charge on any atom is 0.234 e. The number of benzene rings is 2. The molecule has 0 unspecified atom stereocenters. The summed E-state index contributed by atoms with van der Waals surface area (Å²) in [6.45, 7) is 1.97. The number of amides is 1. The number of nitrogens with two attached hydrogens (primary N) is 1. The average molecular weight is 369 g/mol. The molecule has 0 aliphatic rings. The van der Waals surface area contributed by atoms with Gasteiger partial charge in [-0.1, -0.05) is 36.0 Å². The predicted molar refractivity (Wildman–Crippen MR) is 103 cm³/mol. The standard InChI is InChI=1S/C18H19N5O2S/c1-12-6-5-7-13(10-12)20-16(24)11-26-18-22-21-17(23(18)19)14-8-3-4-9-15(14)25-2/h3-10H,11,19H2,1-2H3,(H,20,24). The highest BCUT2D eigenvalue weighted by molar-refractivity contribution is 7.99. The minimum Gasteiger partial charge on any atom is -0.496 e. The van der Waals surface area contributed by atoms with Crippen LogP contribution in [0.3, 0.4) is 0 Å². The summed E-state index contributed by atoms with van der Waals surface area (Å²) in [4.78, 5) is 12.1. The SMILES string of the molecule is COc1ccccc1-c1nnc(SCC(=O)Nc2cccc(C)c2)n1N. The Morgan fingerprint density at radius 2 is 2.04 bits per heavy atom. The Balaban J connectivity index is 1.68. The Bertz CT molecular complexity index is 925. The van der Waals surface area contributed by atoms with Gasteiger partial charge in [-0.3, -0.25) is 4.79 Å². The number of aromatic nitrogens is 3. The topological polar surface area (TPSA) is 95.1 Å². The van der Waals surface area contributed by atoms with E-state index in [0.717, 1.165) is 16.8 Å². The third-order valence-corrected chi connectivity index (χ3v) is 4.59. The zero-order chi connectivity index (χ0) is 18.5. The number of para-hydroxylation sites is 1. The van der Waals surface area contributed by atoms with Crippen molar-refractivity contribution in [3.05, 3.63) is 54.1 Å². The lowest BCUT2D eigenvalue weighted by Crippen LogP contribution is -2.16. The second-order valence-electron chi connectivity index (χ2n) is 5.58. The molecule has 7 nitrogen and oxygen atoms in total. The van der Waals surface area contributed by atoms with Gasteiger partial charge < -0.3 is 15.9 Å². The van der Waals surface area contributed by atoms with Crippen molar-refractivity contribution < 1.29 is 9.53 Å². The summed E-state index contributed by atoms with van der Waals surface area (Å²) in [6.07, 6.45) is 0. The smallest absolute Gasteiger partial charge is 0.234 e. The molecule has 0 saturated heterocycles. The molecule has 3 rings (SSSR count). The van der Waals surface area contributed by atoms with Gasteiger partial charge in [-0.2, -0.15) is 0 Å². The van der Waals surface area contributed by atoms with Crippen molar-refractivity contribution in [1.82, 2.24) is 14.9 Å². The molecule has 1 aromatic heterocycles. The number of carbonyl (C=O) groups excluding carboxylic acids is 1. The highest BCUT2D eigenvalue weighted by Gasteiger charge is 2.16. The van der Waals surface area contributed by atoms with E-state index in [2.05, 4.69) is 15.5 Å². The molecular formula is C18H19N5O2S. The quantitative estimate of drug-likeness (QED) is 0.512. The molecule has 0 radical (unpaired) electrons. The molecule has 0 bridgehead atoms. The number of hydrogen-bond acceptors (Lipinski definition) is 6. The van der Waals surface area contributed by atoms with Crippen molar-refractivity contribution in [3.63, 3.8) is 0 Å². The fourth-order valence-corrected chi connectivity index (χ4v) is 3.09. The van der Waals surface area contributed by atoms with Crippen LogP contribution in [0, 0.1) is 6.92 Å². The molecule has 1 heterocycles. The van der Waals surface area contributed by atoms with Crippen LogP contribution in [0.25, 0.3) is 11.4 Å². The Labute approximate surface area is 155 Å². The minimum absolute atomic E-state index is 0.137. The Morgan fingerprint density at radius 3 is 2.81 bits per heavy atom. The first-order valence-electron chi connectivity index (χ1n) is 7.91. The molecule has 0 aliphatic heterocycles. The maximum absolute atomic E-state index is 12.1. The van der Waals surface area contributed by atoms with Crippen LogP contribution >= 0.6 is 11.8 Å². The molecule has 0 fully saturated rings. The number of anilines is 1. The molecule has 0 atom stereocenters. The van der Waals surface area contributed by atoms with E-state index in [1.165, 1.54) is 16.4 Å². The summed E-state index contributed by atoms with van der Waals surface area (Å²) in [5.74, 6) is 7.27. The minimum atomic E-state index is -0.137. The van der Waals surface area contributed by atoms with Crippen molar-refractivity contribution in [2.24, 2.45) is 0 Å². The molecule has 134 valence electrons. The average Bonchev–Trinajstić information content (AvgIpc) is 3.00. The first-order chi connectivity index (χ1) is 12.6. The van der Waals surface area contributed by atoms with Crippen molar-refractivity contribution in [2.45, 2.75) is 12.1 Å². The number of thioether (sulfide) groups is 1. The van der Waals surface area contributed by atoms with Crippen molar-refractivity contribution in [1.29, 1.82) is 0 Å². The number of hydrogen-bond donors (Lipinski definition) is 2. The van der Waals surface area contributed by atoms with Crippen LogP contribution in [-0.4, -0.2) is 33.6 Å². The molecule has 1 amide bonds. The summed E-state index contributed by atoms with van der Waals surface area (Å²) >= 11 is 1.22. The van der Waals surface area contributed by atoms with E-state index in [1.54, 1.807) is 7.11 Å². The number of nitrogens with zero attached hydrogens (tertiary/aromatic N) is 3. The fraction of sp³-hybridized carbons (Fsp3) is 0.167. The number of carbonyl (C=O) groups is 1. The molecular weight excluding hydrogens is 350 g/mol. The summed E-state index contributed by atoms with van der Waals surface area (Å²) in [6, 6.07) is 15.0. The zero-order valence-corrected chi connectivity index (χ0v) is 15.3. The van der Waals surface area contributed by atoms with Crippen LogP contribution in [0.1, 0.15) is 5.56 Å². The molecule has 3 aromatic rings. The monoisotopic (exact) mass is 369 g/mol. The largest absolute Gasteiger partial charge is 0.496 e. The number of nitrogens with one attached hydrogen (secondary N) is 1. The predicted octanol–water partition coefficient (Wildman–Crippen LogP) is 2.71. The van der Waals surface area contributed by atoms with E-state index in [1.807, 2.05) is 55.5 Å². The number of aryl methyl sites for hydroxylation is 1. The number of nitrogen functional groups attached to an aromatic ring is 1. The number of methoxy groups -OCH3 is 1. The van der Waals surface area contributed by atoms with E-state index >= 15 is 0 Å². The third-order valence-electron chi connectivity index (χ3n) is 3.65. The first-order valence-corrected chi connectivity index (χ1v) is 8.90. The normalized spacial score (nSPS) is 10.5. The lowest BCUT2D eigenvalue weighted by Gasteiger charge is -2.08. The van der Waals surface area contributed by atoms with Crippen LogP contribution in [0.4, 0.5) is 5.69 Å². The fourth-order valence-electron chi connectivity index (χ4n) is 2.44. The zero-order valence-electron chi connectivity index (χ0n) is 14.5. The van der Waals surface area contributed by atoms with Crippen molar-refractivity contribution in [2.75, 3.05) is 24.0 Å². The van der Waals surface area contributed by atoms with Crippen LogP contribution in [0.2, 0.25) is 0 Å². The van der Waals surface area contributed by atoms with Gasteiger partial charge in [0.2, 0.25) is 11.1 Å². The lowest BCUT2D eigenvalue weighted by atomic mass is 10.2. The Morgan fingerprint density at radius 1 is 1.23 bits per heavy atom. The summed E-state index contributed by atoms with van der Waals surface area (Å²) < 4.78 is 6.69. The van der Waals surface area contributed by atoms with Gasteiger partial charge in [-0.25, -0.2) is 4.68 Å². The van der Waals surface area contributed by atoms with Crippen LogP contribution in [0.15, 0.2) is 53.7 Å². The van der Waals surface area contributed by atoms with Gasteiger partial charge in [-0.15, -0.1) is 10.2 Å². The van der Waals surface area contributed by atoms with E-state index in [-0.39, 0.29) is 11.7 Å². The Kier molecular flexibility index (Phi) is 5.43. The third kappa shape index (κ3) is 3.97. The van der Waals surface area contributed by atoms with Gasteiger partial charge in [0.05, 0.1) is 18.4 Å².